The Balaban J connectivity index is 2.26. The summed E-state index contributed by atoms with van der Waals surface area (Å²) < 4.78 is 38.7. The summed E-state index contributed by atoms with van der Waals surface area (Å²) in [5.41, 5.74) is 0.122. The number of hydrogen-bond donors (Lipinski definition) is 0. The predicted octanol–water partition coefficient (Wildman–Crippen LogP) is 3.11. The van der Waals surface area contributed by atoms with E-state index < -0.39 is 12.4 Å². The summed E-state index contributed by atoms with van der Waals surface area (Å²) in [6, 6.07) is 4.01. The fourth-order valence-electron chi connectivity index (χ4n) is 1.53. The molecule has 1 aromatic carbocycles. The maximum atomic E-state index is 13.6. The Bertz CT molecular complexity index is 464. The van der Waals surface area contributed by atoms with Gasteiger partial charge in [-0.15, -0.1) is 0 Å². The number of rotatable bonds is 2. The van der Waals surface area contributed by atoms with E-state index in [4.69, 9.17) is 11.6 Å². The minimum Gasteiger partial charge on any atom is -0.283 e. The normalized spacial score (nSPS) is 15.8. The smallest absolute Gasteiger partial charge is 0.283 e. The van der Waals surface area contributed by atoms with Gasteiger partial charge in [0.1, 0.15) is 18.3 Å². The highest BCUT2D eigenvalue weighted by Crippen LogP contribution is 2.26. The molecule has 3 nitrogen and oxygen atoms in total. The van der Waals surface area contributed by atoms with Gasteiger partial charge in [-0.25, -0.2) is 9.40 Å². The zero-order chi connectivity index (χ0) is 12.6. The van der Waals surface area contributed by atoms with Crippen molar-refractivity contribution in [2.45, 2.75) is 13.5 Å². The van der Waals surface area contributed by atoms with Gasteiger partial charge in [0.05, 0.1) is 5.69 Å². The van der Waals surface area contributed by atoms with Crippen molar-refractivity contribution < 1.29 is 13.2 Å². The van der Waals surface area contributed by atoms with E-state index in [9.17, 15) is 13.2 Å². The molecule has 2 rings (SSSR count). The molecule has 0 saturated carbocycles. The van der Waals surface area contributed by atoms with Gasteiger partial charge in [-0.1, -0.05) is 11.6 Å². The van der Waals surface area contributed by atoms with Crippen LogP contribution < -0.4 is 5.01 Å². The van der Waals surface area contributed by atoms with Gasteiger partial charge >= 0.3 is 6.55 Å². The van der Waals surface area contributed by atoms with Crippen LogP contribution in [0.5, 0.6) is 0 Å². The number of hydrogen-bond acceptors (Lipinski definition) is 3. The zero-order valence-corrected chi connectivity index (χ0v) is 9.63. The highest BCUT2D eigenvalue weighted by atomic mass is 35.5. The summed E-state index contributed by atoms with van der Waals surface area (Å²) in [6.45, 7) is -1.39. The number of anilines is 1. The monoisotopic (exact) mass is 263 g/mol. The van der Waals surface area contributed by atoms with Crippen molar-refractivity contribution in [3.8, 4) is 0 Å². The van der Waals surface area contributed by atoms with E-state index in [0.29, 0.717) is 0 Å². The van der Waals surface area contributed by atoms with Crippen LogP contribution in [0.2, 0.25) is 5.02 Å². The number of alkyl halides is 2. The summed E-state index contributed by atoms with van der Waals surface area (Å²) in [6.07, 6.45) is 0. The average molecular weight is 264 g/mol. The molecule has 0 aromatic heterocycles. The second-order valence-electron chi connectivity index (χ2n) is 3.53. The Morgan fingerprint density at radius 3 is 2.65 bits per heavy atom. The van der Waals surface area contributed by atoms with Crippen LogP contribution >= 0.6 is 11.6 Å². The zero-order valence-electron chi connectivity index (χ0n) is 8.87. The van der Waals surface area contributed by atoms with E-state index in [2.05, 4.69) is 5.10 Å². The van der Waals surface area contributed by atoms with E-state index in [-0.39, 0.29) is 23.2 Å². The van der Waals surface area contributed by atoms with Crippen molar-refractivity contribution in [3.05, 3.63) is 29.0 Å². The summed E-state index contributed by atoms with van der Waals surface area (Å²) >= 11 is 5.61. The van der Waals surface area contributed by atoms with E-state index in [1.54, 1.807) is 0 Å². The molecule has 0 radical (unpaired) electrons. The van der Waals surface area contributed by atoms with E-state index in [1.807, 2.05) is 0 Å². The summed E-state index contributed by atoms with van der Waals surface area (Å²) in [5.74, 6) is -0.445. The molecule has 0 fully saturated rings. The van der Waals surface area contributed by atoms with Crippen LogP contribution in [0.1, 0.15) is 6.92 Å². The maximum absolute atomic E-state index is 13.6. The van der Waals surface area contributed by atoms with Crippen LogP contribution in [-0.4, -0.2) is 24.0 Å². The van der Waals surface area contributed by atoms with Crippen molar-refractivity contribution >= 4 is 23.1 Å². The fourth-order valence-corrected chi connectivity index (χ4v) is 1.69. The summed E-state index contributed by atoms with van der Waals surface area (Å²) in [5, 5.41) is 5.29. The van der Waals surface area contributed by atoms with Gasteiger partial charge < -0.3 is 0 Å². The van der Waals surface area contributed by atoms with Crippen molar-refractivity contribution in [2.75, 3.05) is 11.7 Å². The molecule has 92 valence electrons. The van der Waals surface area contributed by atoms with Crippen molar-refractivity contribution in [1.29, 1.82) is 0 Å². The fraction of sp³-hybridized carbons (Fsp3) is 0.300. The largest absolute Gasteiger partial charge is 0.317 e. The molecular formula is C10H9ClF3N3. The standard InChI is InChI=1S/C10H9ClF3N3/c1-6-15-17(5-16(6)10(13)14)9-3-2-7(11)4-8(9)12/h2-4,10H,5H2,1H3. The molecule has 0 saturated heterocycles. The number of nitrogens with zero attached hydrogens (tertiary/aromatic N) is 3. The number of benzene rings is 1. The molecule has 0 bridgehead atoms. The van der Waals surface area contributed by atoms with E-state index in [1.165, 1.54) is 24.1 Å². The lowest BCUT2D eigenvalue weighted by Gasteiger charge is -2.19. The molecule has 17 heavy (non-hydrogen) atoms. The number of halogens is 4. The molecule has 1 aliphatic rings. The second kappa shape index (κ2) is 4.44. The average Bonchev–Trinajstić information content (AvgIpc) is 2.60. The first-order valence-electron chi connectivity index (χ1n) is 4.81. The highest BCUT2D eigenvalue weighted by Gasteiger charge is 2.28. The van der Waals surface area contributed by atoms with Gasteiger partial charge in [0, 0.05) is 5.02 Å². The lowest BCUT2D eigenvalue weighted by molar-refractivity contribution is 0.0268. The third-order valence-electron chi connectivity index (χ3n) is 2.39. The lowest BCUT2D eigenvalue weighted by atomic mass is 10.3. The summed E-state index contributed by atoms with van der Waals surface area (Å²) in [7, 11) is 0. The summed E-state index contributed by atoms with van der Waals surface area (Å²) in [4.78, 5) is 0.772. The Labute approximate surface area is 101 Å². The molecule has 0 N–H and O–H groups in total. The van der Waals surface area contributed by atoms with Crippen LogP contribution in [0.25, 0.3) is 0 Å². The highest BCUT2D eigenvalue weighted by molar-refractivity contribution is 6.30. The molecule has 7 heteroatoms. The van der Waals surface area contributed by atoms with Gasteiger partial charge in [0.2, 0.25) is 0 Å². The molecular weight excluding hydrogens is 255 g/mol. The first-order chi connectivity index (χ1) is 7.99. The van der Waals surface area contributed by atoms with Gasteiger partial charge in [0.15, 0.2) is 0 Å². The quantitative estimate of drug-likeness (QED) is 0.764. The van der Waals surface area contributed by atoms with Crippen LogP contribution in [0.3, 0.4) is 0 Å². The lowest BCUT2D eigenvalue weighted by Crippen LogP contribution is -2.34. The Kier molecular flexibility index (Phi) is 3.15. The van der Waals surface area contributed by atoms with Gasteiger partial charge in [-0.2, -0.15) is 13.9 Å². The molecule has 0 unspecified atom stereocenters. The van der Waals surface area contributed by atoms with Crippen LogP contribution in [0.15, 0.2) is 23.3 Å². The van der Waals surface area contributed by atoms with E-state index >= 15 is 0 Å². The molecule has 1 heterocycles. The Hall–Kier alpha value is -1.43. The maximum Gasteiger partial charge on any atom is 0.317 e. The molecule has 1 aliphatic heterocycles. The third-order valence-corrected chi connectivity index (χ3v) is 2.63. The number of hydrazone groups is 1. The Morgan fingerprint density at radius 1 is 1.41 bits per heavy atom. The van der Waals surface area contributed by atoms with Gasteiger partial charge in [0.25, 0.3) is 0 Å². The predicted molar refractivity (Wildman–Crippen MR) is 59.7 cm³/mol. The van der Waals surface area contributed by atoms with Crippen LogP contribution in [0, 0.1) is 5.82 Å². The van der Waals surface area contributed by atoms with Crippen molar-refractivity contribution in [3.63, 3.8) is 0 Å². The first kappa shape index (κ1) is 12.0. The molecule has 0 atom stereocenters. The molecule has 0 amide bonds. The van der Waals surface area contributed by atoms with Crippen LogP contribution in [-0.2, 0) is 0 Å². The van der Waals surface area contributed by atoms with Crippen LogP contribution in [0.4, 0.5) is 18.9 Å². The minimum absolute atomic E-state index is 0.122. The van der Waals surface area contributed by atoms with Gasteiger partial charge in [-0.05, 0) is 25.1 Å². The third kappa shape index (κ3) is 2.31. The van der Waals surface area contributed by atoms with Crippen molar-refractivity contribution in [1.82, 2.24) is 4.90 Å². The van der Waals surface area contributed by atoms with Crippen molar-refractivity contribution in [2.24, 2.45) is 5.10 Å². The molecule has 0 spiro atoms. The number of amidine groups is 1. The second-order valence-corrected chi connectivity index (χ2v) is 3.97. The minimum atomic E-state index is -2.65. The first-order valence-corrected chi connectivity index (χ1v) is 5.19. The SMILES string of the molecule is CC1=NN(c2ccc(Cl)cc2F)CN1C(F)F. The Morgan fingerprint density at radius 2 is 2.12 bits per heavy atom. The topological polar surface area (TPSA) is 18.8 Å². The van der Waals surface area contributed by atoms with Gasteiger partial charge in [-0.3, -0.25) is 4.90 Å². The molecule has 1 aromatic rings. The van der Waals surface area contributed by atoms with E-state index in [0.717, 1.165) is 11.0 Å². The molecule has 0 aliphatic carbocycles.